The average Bonchev–Trinajstić information content (AvgIpc) is 2.43. The number of aromatic nitrogens is 2. The van der Waals surface area contributed by atoms with Crippen LogP contribution in [0.15, 0.2) is 0 Å². The number of aromatic carboxylic acids is 1. The van der Waals surface area contributed by atoms with E-state index in [9.17, 15) is 9.90 Å². The Morgan fingerprint density at radius 3 is 2.50 bits per heavy atom. The van der Waals surface area contributed by atoms with Gasteiger partial charge in [0.15, 0.2) is 5.82 Å². The first-order valence-corrected chi connectivity index (χ1v) is 7.01. The molecule has 1 atom stereocenters. The van der Waals surface area contributed by atoms with Gasteiger partial charge in [0.05, 0.1) is 5.69 Å². The van der Waals surface area contributed by atoms with Crippen LogP contribution in [0.2, 0.25) is 0 Å². The number of rotatable bonds is 8. The summed E-state index contributed by atoms with van der Waals surface area (Å²) in [5.41, 5.74) is 1.70. The van der Waals surface area contributed by atoms with Crippen LogP contribution < -0.4 is 5.32 Å². The zero-order valence-corrected chi connectivity index (χ0v) is 12.3. The minimum absolute atomic E-state index is 0.120. The van der Waals surface area contributed by atoms with E-state index in [-0.39, 0.29) is 18.1 Å². The molecule has 1 aromatic rings. The maximum Gasteiger partial charge on any atom is 0.339 e. The highest BCUT2D eigenvalue weighted by Gasteiger charge is 2.20. The molecule has 112 valence electrons. The number of hydrogen-bond donors (Lipinski definition) is 3. The van der Waals surface area contributed by atoms with Gasteiger partial charge in [0.25, 0.3) is 0 Å². The Hall–Kier alpha value is -1.69. The van der Waals surface area contributed by atoms with Gasteiger partial charge in [0.1, 0.15) is 5.56 Å². The van der Waals surface area contributed by atoms with Crippen LogP contribution in [0.5, 0.6) is 0 Å². The Kier molecular flexibility index (Phi) is 6.38. The lowest BCUT2D eigenvalue weighted by molar-refractivity contribution is 0.0696. The predicted molar refractivity (Wildman–Crippen MR) is 77.1 cm³/mol. The van der Waals surface area contributed by atoms with Crippen LogP contribution >= 0.6 is 0 Å². The van der Waals surface area contributed by atoms with Crippen molar-refractivity contribution in [3.63, 3.8) is 0 Å². The van der Waals surface area contributed by atoms with E-state index in [1.54, 1.807) is 0 Å². The molecular formula is C14H23N3O3. The van der Waals surface area contributed by atoms with Crippen LogP contribution in [0.1, 0.15) is 48.8 Å². The van der Waals surface area contributed by atoms with E-state index in [1.807, 2.05) is 20.8 Å². The molecule has 0 spiro atoms. The molecule has 0 aliphatic rings. The smallest absolute Gasteiger partial charge is 0.339 e. The third kappa shape index (κ3) is 3.90. The van der Waals surface area contributed by atoms with Crippen molar-refractivity contribution >= 4 is 11.8 Å². The van der Waals surface area contributed by atoms with E-state index < -0.39 is 5.97 Å². The van der Waals surface area contributed by atoms with Crippen molar-refractivity contribution in [2.45, 2.75) is 40.0 Å². The summed E-state index contributed by atoms with van der Waals surface area (Å²) in [5, 5.41) is 29.5. The fourth-order valence-electron chi connectivity index (χ4n) is 2.12. The van der Waals surface area contributed by atoms with Gasteiger partial charge >= 0.3 is 5.97 Å². The molecular weight excluding hydrogens is 258 g/mol. The molecule has 6 heteroatoms. The van der Waals surface area contributed by atoms with Crippen LogP contribution in [0, 0.1) is 5.92 Å². The number of nitrogens with zero attached hydrogens (tertiary/aromatic N) is 2. The minimum atomic E-state index is -0.983. The Balaban J connectivity index is 3.04. The first-order valence-electron chi connectivity index (χ1n) is 7.01. The first-order chi connectivity index (χ1) is 9.54. The van der Waals surface area contributed by atoms with Crippen LogP contribution in [-0.2, 0) is 12.8 Å². The Morgan fingerprint density at radius 2 is 2.00 bits per heavy atom. The summed E-state index contributed by atoms with van der Waals surface area (Å²) >= 11 is 0. The summed E-state index contributed by atoms with van der Waals surface area (Å²) in [4.78, 5) is 11.5. The van der Waals surface area contributed by atoms with Crippen molar-refractivity contribution in [3.05, 3.63) is 16.8 Å². The molecule has 1 rings (SSSR count). The van der Waals surface area contributed by atoms with Crippen molar-refractivity contribution in [2.75, 3.05) is 18.5 Å². The molecule has 3 N–H and O–H groups in total. The van der Waals surface area contributed by atoms with Crippen molar-refractivity contribution in [1.82, 2.24) is 10.2 Å². The van der Waals surface area contributed by atoms with Gasteiger partial charge in [-0.2, -0.15) is 5.10 Å². The third-order valence-corrected chi connectivity index (χ3v) is 3.30. The highest BCUT2D eigenvalue weighted by Crippen LogP contribution is 2.21. The molecule has 0 amide bonds. The van der Waals surface area contributed by atoms with Crippen molar-refractivity contribution < 1.29 is 15.0 Å². The van der Waals surface area contributed by atoms with Crippen LogP contribution in [-0.4, -0.2) is 39.5 Å². The fraction of sp³-hybridized carbons (Fsp3) is 0.643. The van der Waals surface area contributed by atoms with E-state index in [0.29, 0.717) is 31.6 Å². The molecule has 1 heterocycles. The lowest BCUT2D eigenvalue weighted by atomic mass is 10.0. The minimum Gasteiger partial charge on any atom is -0.478 e. The number of aryl methyl sites for hydroxylation is 1. The number of hydrogen-bond acceptors (Lipinski definition) is 5. The maximum absolute atomic E-state index is 11.5. The van der Waals surface area contributed by atoms with Crippen molar-refractivity contribution in [3.8, 4) is 0 Å². The van der Waals surface area contributed by atoms with E-state index >= 15 is 0 Å². The number of aliphatic hydroxyl groups is 1. The Labute approximate surface area is 119 Å². The van der Waals surface area contributed by atoms with Gasteiger partial charge in [0, 0.05) is 13.2 Å². The van der Waals surface area contributed by atoms with E-state index in [0.717, 1.165) is 11.3 Å². The van der Waals surface area contributed by atoms with Crippen LogP contribution in [0.3, 0.4) is 0 Å². The molecule has 20 heavy (non-hydrogen) atoms. The molecule has 0 bridgehead atoms. The third-order valence-electron chi connectivity index (χ3n) is 3.30. The fourth-order valence-corrected chi connectivity index (χ4v) is 2.12. The zero-order valence-electron chi connectivity index (χ0n) is 12.3. The summed E-state index contributed by atoms with van der Waals surface area (Å²) in [5.74, 6) is -0.431. The quantitative estimate of drug-likeness (QED) is 0.671. The number of anilines is 1. The summed E-state index contributed by atoms with van der Waals surface area (Å²) in [6.07, 6.45) is 1.94. The topological polar surface area (TPSA) is 95.3 Å². The van der Waals surface area contributed by atoms with Crippen LogP contribution in [0.25, 0.3) is 0 Å². The molecule has 0 aliphatic heterocycles. The second-order valence-electron chi connectivity index (χ2n) is 4.86. The largest absolute Gasteiger partial charge is 0.478 e. The van der Waals surface area contributed by atoms with Gasteiger partial charge in [-0.25, -0.2) is 4.79 Å². The molecule has 1 aromatic heterocycles. The molecule has 6 nitrogen and oxygen atoms in total. The lowest BCUT2D eigenvalue weighted by Gasteiger charge is -2.16. The van der Waals surface area contributed by atoms with Crippen molar-refractivity contribution in [2.24, 2.45) is 5.92 Å². The molecule has 0 radical (unpaired) electrons. The van der Waals surface area contributed by atoms with Gasteiger partial charge in [-0.3, -0.25) is 0 Å². The number of aliphatic hydroxyl groups excluding tert-OH is 1. The van der Waals surface area contributed by atoms with Gasteiger partial charge in [-0.15, -0.1) is 5.10 Å². The van der Waals surface area contributed by atoms with Crippen LogP contribution in [0.4, 0.5) is 5.82 Å². The maximum atomic E-state index is 11.5. The average molecular weight is 281 g/mol. The number of nitrogens with one attached hydrogen (secondary N) is 1. The number of carbonyl (C=O) groups is 1. The summed E-state index contributed by atoms with van der Waals surface area (Å²) in [6.45, 7) is 6.52. The van der Waals surface area contributed by atoms with Gasteiger partial charge < -0.3 is 15.5 Å². The van der Waals surface area contributed by atoms with Crippen molar-refractivity contribution in [1.29, 1.82) is 0 Å². The van der Waals surface area contributed by atoms with Gasteiger partial charge in [0.2, 0.25) is 0 Å². The van der Waals surface area contributed by atoms with E-state index in [1.165, 1.54) is 0 Å². The summed E-state index contributed by atoms with van der Waals surface area (Å²) < 4.78 is 0. The van der Waals surface area contributed by atoms with E-state index in [2.05, 4.69) is 15.5 Å². The first kappa shape index (κ1) is 16.4. The zero-order chi connectivity index (χ0) is 15.1. The molecule has 0 aromatic carbocycles. The predicted octanol–water partition coefficient (Wildman–Crippen LogP) is 1.73. The summed E-state index contributed by atoms with van der Waals surface area (Å²) in [6, 6.07) is 0. The Morgan fingerprint density at radius 1 is 1.30 bits per heavy atom. The van der Waals surface area contributed by atoms with Gasteiger partial charge in [-0.1, -0.05) is 20.8 Å². The monoisotopic (exact) mass is 281 g/mol. The standard InChI is InChI=1S/C14H23N3O3/c1-4-10-11(5-2)16-17-13(12(10)14(19)20)15-8-9(3)6-7-18/h9,18H,4-8H2,1-3H3,(H,15,17)(H,19,20). The Bertz CT molecular complexity index is 463. The molecule has 0 saturated carbocycles. The highest BCUT2D eigenvalue weighted by molar-refractivity contribution is 5.95. The normalized spacial score (nSPS) is 12.2. The van der Waals surface area contributed by atoms with E-state index in [4.69, 9.17) is 5.11 Å². The number of carboxylic acids is 1. The molecule has 1 unspecified atom stereocenters. The molecule has 0 aliphatic carbocycles. The summed E-state index contributed by atoms with van der Waals surface area (Å²) in [7, 11) is 0. The lowest BCUT2D eigenvalue weighted by Crippen LogP contribution is -2.19. The SMILES string of the molecule is CCc1nnc(NCC(C)CCO)c(C(=O)O)c1CC. The highest BCUT2D eigenvalue weighted by atomic mass is 16.4. The van der Waals surface area contributed by atoms with Gasteiger partial charge in [-0.05, 0) is 30.7 Å². The second-order valence-corrected chi connectivity index (χ2v) is 4.86. The molecule has 0 saturated heterocycles. The molecule has 0 fully saturated rings. The number of carboxylic acid groups (broad SMARTS) is 1. The second kappa shape index (κ2) is 7.79.